The minimum Gasteiger partial charge on any atom is -0.481 e. The number of ketones is 1. The average molecular weight is 322 g/mol. The van der Waals surface area contributed by atoms with Crippen LogP contribution in [0.25, 0.3) is 0 Å². The van der Waals surface area contributed by atoms with Crippen LogP contribution in [0.3, 0.4) is 0 Å². The topological polar surface area (TPSA) is 54.4 Å². The summed E-state index contributed by atoms with van der Waals surface area (Å²) in [5.41, 5.74) is 0. The number of hydrogen-bond donors (Lipinski definition) is 1. The van der Waals surface area contributed by atoms with Gasteiger partial charge < -0.3 is 5.11 Å². The zero-order valence-electron chi connectivity index (χ0n) is 14.8. The Morgan fingerprint density at radius 3 is 1.83 bits per heavy atom. The molecule has 0 aromatic rings. The van der Waals surface area contributed by atoms with Gasteiger partial charge >= 0.3 is 5.97 Å². The van der Waals surface area contributed by atoms with Crippen LogP contribution >= 0.6 is 0 Å². The number of carbonyl (C=O) groups is 2. The van der Waals surface area contributed by atoms with Gasteiger partial charge in [0.1, 0.15) is 5.78 Å². The standard InChI is InChI=1S/C20H34O3/c1-2-3-4-5-10-13-16-19(21)17-14-11-8-6-7-9-12-15-18-20(22)23/h3-4,10,13H,2,5-9,11-12,14-18H2,1H3,(H,22,23)/b4-3-,13-10-. The van der Waals surface area contributed by atoms with Gasteiger partial charge in [0.05, 0.1) is 0 Å². The van der Waals surface area contributed by atoms with Crippen molar-refractivity contribution in [2.45, 2.75) is 90.4 Å². The maximum atomic E-state index is 11.7. The number of unbranched alkanes of at least 4 members (excludes halogenated alkanes) is 7. The first-order valence-corrected chi connectivity index (χ1v) is 9.20. The summed E-state index contributed by atoms with van der Waals surface area (Å²) in [7, 11) is 0. The average Bonchev–Trinajstić information content (AvgIpc) is 2.52. The smallest absolute Gasteiger partial charge is 0.303 e. The van der Waals surface area contributed by atoms with Crippen molar-refractivity contribution in [2.75, 3.05) is 0 Å². The van der Waals surface area contributed by atoms with Crippen LogP contribution in [0.4, 0.5) is 0 Å². The molecule has 0 bridgehead atoms. The number of aliphatic carboxylic acids is 1. The molecule has 1 N–H and O–H groups in total. The second-order valence-electron chi connectivity index (χ2n) is 6.05. The first-order valence-electron chi connectivity index (χ1n) is 9.20. The summed E-state index contributed by atoms with van der Waals surface area (Å²) >= 11 is 0. The molecule has 0 radical (unpaired) electrons. The summed E-state index contributed by atoms with van der Waals surface area (Å²) in [5, 5.41) is 8.53. The molecule has 132 valence electrons. The van der Waals surface area contributed by atoms with Crippen LogP contribution in [0.5, 0.6) is 0 Å². The van der Waals surface area contributed by atoms with Crippen molar-refractivity contribution >= 4 is 11.8 Å². The summed E-state index contributed by atoms with van der Waals surface area (Å²) < 4.78 is 0. The van der Waals surface area contributed by atoms with E-state index in [9.17, 15) is 9.59 Å². The number of allylic oxidation sites excluding steroid dienone is 4. The van der Waals surface area contributed by atoms with Crippen LogP contribution in [-0.2, 0) is 9.59 Å². The molecular weight excluding hydrogens is 288 g/mol. The summed E-state index contributed by atoms with van der Waals surface area (Å²) in [6.07, 6.45) is 20.5. The molecule has 0 saturated heterocycles. The van der Waals surface area contributed by atoms with Gasteiger partial charge in [-0.15, -0.1) is 0 Å². The van der Waals surface area contributed by atoms with Gasteiger partial charge in [0.2, 0.25) is 0 Å². The molecule has 0 spiro atoms. The largest absolute Gasteiger partial charge is 0.481 e. The third kappa shape index (κ3) is 18.6. The number of carbonyl (C=O) groups excluding carboxylic acids is 1. The Morgan fingerprint density at radius 2 is 1.26 bits per heavy atom. The third-order valence-corrected chi connectivity index (χ3v) is 3.78. The number of carboxylic acid groups (broad SMARTS) is 1. The van der Waals surface area contributed by atoms with Crippen LogP contribution in [-0.4, -0.2) is 16.9 Å². The molecule has 0 amide bonds. The molecule has 23 heavy (non-hydrogen) atoms. The Morgan fingerprint density at radius 1 is 0.739 bits per heavy atom. The van der Waals surface area contributed by atoms with Gasteiger partial charge in [0, 0.05) is 19.3 Å². The zero-order valence-corrected chi connectivity index (χ0v) is 14.8. The Bertz CT molecular complexity index is 356. The lowest BCUT2D eigenvalue weighted by molar-refractivity contribution is -0.137. The van der Waals surface area contributed by atoms with Crippen molar-refractivity contribution in [3.8, 4) is 0 Å². The summed E-state index contributed by atoms with van der Waals surface area (Å²) in [5.74, 6) is -0.351. The van der Waals surface area contributed by atoms with Crippen molar-refractivity contribution < 1.29 is 14.7 Å². The quantitative estimate of drug-likeness (QED) is 0.287. The van der Waals surface area contributed by atoms with E-state index in [2.05, 4.69) is 25.2 Å². The molecule has 0 fully saturated rings. The molecule has 0 saturated carbocycles. The SMILES string of the molecule is CC/C=C\C/C=C\CC(=O)CCCCCCCCCCC(=O)O. The summed E-state index contributed by atoms with van der Waals surface area (Å²) in [6, 6.07) is 0. The normalized spacial score (nSPS) is 11.5. The number of Topliss-reactive ketones (excluding diaryl/α,β-unsaturated/α-hetero) is 1. The van der Waals surface area contributed by atoms with Gasteiger partial charge in [0.15, 0.2) is 0 Å². The maximum Gasteiger partial charge on any atom is 0.303 e. The molecule has 3 heteroatoms. The molecule has 0 atom stereocenters. The molecule has 0 aliphatic carbocycles. The fraction of sp³-hybridized carbons (Fsp3) is 0.700. The second-order valence-corrected chi connectivity index (χ2v) is 6.05. The van der Waals surface area contributed by atoms with E-state index < -0.39 is 5.97 Å². The molecule has 3 nitrogen and oxygen atoms in total. The van der Waals surface area contributed by atoms with Crippen LogP contribution < -0.4 is 0 Å². The number of hydrogen-bond acceptors (Lipinski definition) is 2. The van der Waals surface area contributed by atoms with Crippen molar-refractivity contribution in [1.82, 2.24) is 0 Å². The Kier molecular flexibility index (Phi) is 16.0. The van der Waals surface area contributed by atoms with E-state index in [0.29, 0.717) is 25.0 Å². The van der Waals surface area contributed by atoms with Gasteiger partial charge in [0.25, 0.3) is 0 Å². The van der Waals surface area contributed by atoms with Crippen molar-refractivity contribution in [3.63, 3.8) is 0 Å². The van der Waals surface area contributed by atoms with E-state index in [1.807, 2.05) is 6.08 Å². The lowest BCUT2D eigenvalue weighted by atomic mass is 10.0. The molecule has 0 aliphatic rings. The van der Waals surface area contributed by atoms with Gasteiger partial charge in [-0.1, -0.05) is 69.8 Å². The first-order chi connectivity index (χ1) is 11.2. The molecule has 0 aromatic heterocycles. The minimum absolute atomic E-state index is 0.297. The second kappa shape index (κ2) is 17.0. The molecule has 0 unspecified atom stereocenters. The highest BCUT2D eigenvalue weighted by Crippen LogP contribution is 2.11. The molecular formula is C20H34O3. The van der Waals surface area contributed by atoms with Gasteiger partial charge in [-0.3, -0.25) is 9.59 Å². The van der Waals surface area contributed by atoms with E-state index in [1.54, 1.807) is 0 Å². The number of rotatable bonds is 16. The van der Waals surface area contributed by atoms with Crippen LogP contribution in [0, 0.1) is 0 Å². The highest BCUT2D eigenvalue weighted by molar-refractivity contribution is 5.79. The van der Waals surface area contributed by atoms with Crippen LogP contribution in [0.2, 0.25) is 0 Å². The highest BCUT2D eigenvalue weighted by atomic mass is 16.4. The lowest BCUT2D eigenvalue weighted by Crippen LogP contribution is -1.95. The first kappa shape index (κ1) is 21.6. The van der Waals surface area contributed by atoms with Gasteiger partial charge in [-0.05, 0) is 25.7 Å². The van der Waals surface area contributed by atoms with E-state index >= 15 is 0 Å². The summed E-state index contributed by atoms with van der Waals surface area (Å²) in [6.45, 7) is 2.11. The molecule has 0 heterocycles. The maximum absolute atomic E-state index is 11.7. The predicted octanol–water partition coefficient (Wildman–Crippen LogP) is 5.84. The monoisotopic (exact) mass is 322 g/mol. The highest BCUT2D eigenvalue weighted by Gasteiger charge is 1.99. The molecule has 0 aliphatic heterocycles. The fourth-order valence-electron chi connectivity index (χ4n) is 2.41. The molecule has 0 rings (SSSR count). The van der Waals surface area contributed by atoms with E-state index in [-0.39, 0.29) is 0 Å². The van der Waals surface area contributed by atoms with Gasteiger partial charge in [-0.25, -0.2) is 0 Å². The molecule has 0 aromatic carbocycles. The van der Waals surface area contributed by atoms with Crippen LogP contribution in [0.15, 0.2) is 24.3 Å². The lowest BCUT2D eigenvalue weighted by Gasteiger charge is -2.01. The summed E-state index contributed by atoms with van der Waals surface area (Å²) in [4.78, 5) is 22.0. The van der Waals surface area contributed by atoms with Crippen molar-refractivity contribution in [1.29, 1.82) is 0 Å². The van der Waals surface area contributed by atoms with Gasteiger partial charge in [-0.2, -0.15) is 0 Å². The fourth-order valence-corrected chi connectivity index (χ4v) is 2.41. The number of carboxylic acids is 1. The minimum atomic E-state index is -0.693. The third-order valence-electron chi connectivity index (χ3n) is 3.78. The Hall–Kier alpha value is -1.38. The Balaban J connectivity index is 3.29. The van der Waals surface area contributed by atoms with E-state index in [1.165, 1.54) is 19.3 Å². The van der Waals surface area contributed by atoms with E-state index in [0.717, 1.165) is 44.9 Å². The Labute approximate surface area is 141 Å². The van der Waals surface area contributed by atoms with E-state index in [4.69, 9.17) is 5.11 Å². The zero-order chi connectivity index (χ0) is 17.2. The van der Waals surface area contributed by atoms with Crippen molar-refractivity contribution in [2.24, 2.45) is 0 Å². The predicted molar refractivity (Wildman–Crippen MR) is 96.6 cm³/mol. The van der Waals surface area contributed by atoms with Crippen LogP contribution in [0.1, 0.15) is 90.4 Å². The van der Waals surface area contributed by atoms with Crippen molar-refractivity contribution in [3.05, 3.63) is 24.3 Å².